The molecule has 2 N–H and O–H groups in total. The van der Waals surface area contributed by atoms with Gasteiger partial charge in [-0.15, -0.1) is 0 Å². The Bertz CT molecular complexity index is 587. The molecular weight excluding hydrogens is 246 g/mol. The molecule has 1 aliphatic rings. The van der Waals surface area contributed by atoms with Crippen LogP contribution in [0.25, 0.3) is 10.8 Å². The van der Waals surface area contributed by atoms with Gasteiger partial charge in [-0.05, 0) is 54.5 Å². The van der Waals surface area contributed by atoms with E-state index in [0.717, 1.165) is 19.4 Å². The molecule has 1 heterocycles. The molecule has 1 saturated heterocycles. The van der Waals surface area contributed by atoms with E-state index in [4.69, 9.17) is 10.5 Å². The van der Waals surface area contributed by atoms with Gasteiger partial charge in [0.15, 0.2) is 0 Å². The third-order valence-corrected chi connectivity index (χ3v) is 4.38. The minimum absolute atomic E-state index is 0.102. The number of benzene rings is 2. The molecular formula is C18H23NO. The standard InChI is InChI=1S/C18H23NO/c1-13-8-9-14-5-2-3-7-16(14)18(13)17(19)11-10-15-6-4-12-20-15/h2-3,5,7-9,15,17H,4,6,10-12,19H2,1H3. The van der Waals surface area contributed by atoms with Crippen LogP contribution in [-0.2, 0) is 4.74 Å². The summed E-state index contributed by atoms with van der Waals surface area (Å²) in [5, 5.41) is 2.58. The number of ether oxygens (including phenoxy) is 1. The van der Waals surface area contributed by atoms with Crippen LogP contribution < -0.4 is 5.73 Å². The summed E-state index contributed by atoms with van der Waals surface area (Å²) in [6.45, 7) is 3.08. The number of hydrogen-bond donors (Lipinski definition) is 1. The first-order valence-electron chi connectivity index (χ1n) is 7.61. The Morgan fingerprint density at radius 3 is 2.90 bits per heavy atom. The number of fused-ring (bicyclic) bond motifs is 1. The van der Waals surface area contributed by atoms with Gasteiger partial charge in [0.05, 0.1) is 6.10 Å². The second-order valence-corrected chi connectivity index (χ2v) is 5.84. The van der Waals surface area contributed by atoms with E-state index in [0.29, 0.717) is 6.10 Å². The average molecular weight is 269 g/mol. The Hall–Kier alpha value is -1.38. The first-order valence-corrected chi connectivity index (χ1v) is 7.61. The second-order valence-electron chi connectivity index (χ2n) is 5.84. The minimum atomic E-state index is 0.102. The molecule has 0 amide bonds. The monoisotopic (exact) mass is 269 g/mol. The predicted molar refractivity (Wildman–Crippen MR) is 83.8 cm³/mol. The summed E-state index contributed by atoms with van der Waals surface area (Å²) in [5.74, 6) is 0. The highest BCUT2D eigenvalue weighted by molar-refractivity contribution is 5.87. The molecule has 2 atom stereocenters. The highest BCUT2D eigenvalue weighted by atomic mass is 16.5. The average Bonchev–Trinajstić information content (AvgIpc) is 2.98. The second kappa shape index (κ2) is 5.94. The zero-order valence-corrected chi connectivity index (χ0v) is 12.1. The zero-order valence-electron chi connectivity index (χ0n) is 12.1. The molecule has 0 aliphatic carbocycles. The van der Waals surface area contributed by atoms with Crippen molar-refractivity contribution < 1.29 is 4.74 Å². The number of nitrogens with two attached hydrogens (primary N) is 1. The quantitative estimate of drug-likeness (QED) is 0.906. The van der Waals surface area contributed by atoms with Crippen molar-refractivity contribution in [3.8, 4) is 0 Å². The SMILES string of the molecule is Cc1ccc2ccccc2c1C(N)CCC1CCCO1. The van der Waals surface area contributed by atoms with Crippen LogP contribution in [0.1, 0.15) is 42.9 Å². The van der Waals surface area contributed by atoms with Crippen LogP contribution >= 0.6 is 0 Å². The molecule has 0 radical (unpaired) electrons. The Labute approximate surface area is 120 Å². The Kier molecular flexibility index (Phi) is 4.04. The van der Waals surface area contributed by atoms with Gasteiger partial charge >= 0.3 is 0 Å². The molecule has 0 bridgehead atoms. The van der Waals surface area contributed by atoms with Crippen LogP contribution in [0.3, 0.4) is 0 Å². The van der Waals surface area contributed by atoms with Crippen molar-refractivity contribution in [3.63, 3.8) is 0 Å². The normalized spacial score (nSPS) is 20.4. The van der Waals surface area contributed by atoms with E-state index in [-0.39, 0.29) is 6.04 Å². The molecule has 2 nitrogen and oxygen atoms in total. The van der Waals surface area contributed by atoms with Crippen molar-refractivity contribution >= 4 is 10.8 Å². The van der Waals surface area contributed by atoms with E-state index >= 15 is 0 Å². The number of rotatable bonds is 4. The van der Waals surface area contributed by atoms with Crippen LogP contribution in [-0.4, -0.2) is 12.7 Å². The van der Waals surface area contributed by atoms with Crippen LogP contribution in [0, 0.1) is 6.92 Å². The van der Waals surface area contributed by atoms with Gasteiger partial charge in [-0.25, -0.2) is 0 Å². The molecule has 0 spiro atoms. The highest BCUT2D eigenvalue weighted by Gasteiger charge is 2.18. The first kappa shape index (κ1) is 13.6. The van der Waals surface area contributed by atoms with Crippen molar-refractivity contribution in [2.45, 2.75) is 44.8 Å². The topological polar surface area (TPSA) is 35.2 Å². The maximum atomic E-state index is 6.48. The van der Waals surface area contributed by atoms with Gasteiger partial charge in [0.25, 0.3) is 0 Å². The van der Waals surface area contributed by atoms with E-state index in [1.807, 2.05) is 0 Å². The number of hydrogen-bond acceptors (Lipinski definition) is 2. The molecule has 20 heavy (non-hydrogen) atoms. The van der Waals surface area contributed by atoms with Crippen LogP contribution in [0.5, 0.6) is 0 Å². The van der Waals surface area contributed by atoms with Gasteiger partial charge in [-0.3, -0.25) is 0 Å². The lowest BCUT2D eigenvalue weighted by Crippen LogP contribution is -2.15. The number of aryl methyl sites for hydroxylation is 1. The fourth-order valence-electron chi connectivity index (χ4n) is 3.28. The molecule has 3 rings (SSSR count). The molecule has 2 heteroatoms. The molecule has 2 unspecified atom stereocenters. The Morgan fingerprint density at radius 2 is 2.10 bits per heavy atom. The van der Waals surface area contributed by atoms with Crippen molar-refractivity contribution in [2.75, 3.05) is 6.61 Å². The van der Waals surface area contributed by atoms with Crippen molar-refractivity contribution in [2.24, 2.45) is 5.73 Å². The van der Waals surface area contributed by atoms with Gasteiger partial charge in [0.1, 0.15) is 0 Å². The first-order chi connectivity index (χ1) is 9.75. The van der Waals surface area contributed by atoms with Gasteiger partial charge in [-0.2, -0.15) is 0 Å². The highest BCUT2D eigenvalue weighted by Crippen LogP contribution is 2.30. The fraction of sp³-hybridized carbons (Fsp3) is 0.444. The summed E-state index contributed by atoms with van der Waals surface area (Å²) < 4.78 is 5.70. The Balaban J connectivity index is 1.82. The van der Waals surface area contributed by atoms with E-state index in [9.17, 15) is 0 Å². The molecule has 0 aromatic heterocycles. The van der Waals surface area contributed by atoms with Crippen LogP contribution in [0.2, 0.25) is 0 Å². The maximum Gasteiger partial charge on any atom is 0.0576 e. The molecule has 2 aromatic rings. The third-order valence-electron chi connectivity index (χ3n) is 4.38. The van der Waals surface area contributed by atoms with Gasteiger partial charge in [0.2, 0.25) is 0 Å². The summed E-state index contributed by atoms with van der Waals surface area (Å²) in [7, 11) is 0. The molecule has 0 saturated carbocycles. The summed E-state index contributed by atoms with van der Waals surface area (Å²) >= 11 is 0. The lowest BCUT2D eigenvalue weighted by molar-refractivity contribution is 0.101. The lowest BCUT2D eigenvalue weighted by atomic mass is 9.91. The summed E-state index contributed by atoms with van der Waals surface area (Å²) in [6, 6.07) is 13.0. The summed E-state index contributed by atoms with van der Waals surface area (Å²) in [6.07, 6.45) is 4.90. The smallest absolute Gasteiger partial charge is 0.0576 e. The van der Waals surface area contributed by atoms with Crippen LogP contribution in [0.15, 0.2) is 36.4 Å². The molecule has 106 valence electrons. The Morgan fingerprint density at radius 1 is 1.25 bits per heavy atom. The molecule has 2 aromatic carbocycles. The van der Waals surface area contributed by atoms with Gasteiger partial charge in [-0.1, -0.05) is 36.4 Å². The summed E-state index contributed by atoms with van der Waals surface area (Å²) in [5.41, 5.74) is 9.09. The predicted octanol–water partition coefficient (Wildman–Crippen LogP) is 4.11. The van der Waals surface area contributed by atoms with Crippen LogP contribution in [0.4, 0.5) is 0 Å². The van der Waals surface area contributed by atoms with E-state index < -0.39 is 0 Å². The van der Waals surface area contributed by atoms with Crippen molar-refractivity contribution in [3.05, 3.63) is 47.5 Å². The van der Waals surface area contributed by atoms with E-state index in [2.05, 4.69) is 43.3 Å². The lowest BCUT2D eigenvalue weighted by Gasteiger charge is -2.19. The fourth-order valence-corrected chi connectivity index (χ4v) is 3.28. The maximum absolute atomic E-state index is 6.48. The third kappa shape index (κ3) is 2.72. The van der Waals surface area contributed by atoms with Crippen molar-refractivity contribution in [1.82, 2.24) is 0 Å². The van der Waals surface area contributed by atoms with Gasteiger partial charge in [0, 0.05) is 12.6 Å². The largest absolute Gasteiger partial charge is 0.378 e. The molecule has 1 fully saturated rings. The zero-order chi connectivity index (χ0) is 13.9. The minimum Gasteiger partial charge on any atom is -0.378 e. The summed E-state index contributed by atoms with van der Waals surface area (Å²) in [4.78, 5) is 0. The molecule has 1 aliphatic heterocycles. The van der Waals surface area contributed by atoms with Gasteiger partial charge < -0.3 is 10.5 Å². The van der Waals surface area contributed by atoms with E-state index in [1.54, 1.807) is 0 Å². The van der Waals surface area contributed by atoms with Crippen molar-refractivity contribution in [1.29, 1.82) is 0 Å². The van der Waals surface area contributed by atoms with E-state index in [1.165, 1.54) is 34.7 Å².